The van der Waals surface area contributed by atoms with Gasteiger partial charge in [0.2, 0.25) is 0 Å². The van der Waals surface area contributed by atoms with Crippen LogP contribution in [0.5, 0.6) is 0 Å². The van der Waals surface area contributed by atoms with Crippen LogP contribution >= 0.6 is 0 Å². The van der Waals surface area contributed by atoms with E-state index in [-0.39, 0.29) is 0 Å². The molecule has 0 aromatic heterocycles. The number of rotatable bonds is 1. The van der Waals surface area contributed by atoms with Gasteiger partial charge < -0.3 is 0 Å². The van der Waals surface area contributed by atoms with Crippen LogP contribution in [-0.4, -0.2) is 10.2 Å². The normalized spacial score (nSPS) is 11.5. The fourth-order valence-electron chi connectivity index (χ4n) is 0.889. The molecule has 0 aliphatic carbocycles. The molecule has 1 aromatic carbocycles. The summed E-state index contributed by atoms with van der Waals surface area (Å²) in [5.41, 5.74) is 1.41. The summed E-state index contributed by atoms with van der Waals surface area (Å²) in [6.07, 6.45) is 0. The summed E-state index contributed by atoms with van der Waals surface area (Å²) in [6, 6.07) is 10.6. The van der Waals surface area contributed by atoms with Gasteiger partial charge in [-0.15, -0.1) is 0 Å². The minimum Gasteiger partial charge on any atom is -0.0622 e. The Bertz CT molecular complexity index is 196. The molecule has 1 aromatic rings. The average Bonchev–Trinajstić information content (AvgIpc) is 1.88. The molecule has 1 heteroatoms. The first-order valence-corrected chi connectivity index (χ1v) is 4.22. The first-order valence-electron chi connectivity index (χ1n) is 3.51. The van der Waals surface area contributed by atoms with Crippen LogP contribution in [0.25, 0.3) is 0 Å². The average molecular weight is 149 g/mol. The SMILES string of the molecule is CC(C)([SiH2])c1ccccc1. The highest BCUT2D eigenvalue weighted by atomic mass is 28.1. The van der Waals surface area contributed by atoms with Gasteiger partial charge in [0.25, 0.3) is 0 Å². The first kappa shape index (κ1) is 7.54. The second kappa shape index (κ2) is 2.58. The summed E-state index contributed by atoms with van der Waals surface area (Å²) in [5, 5.41) is 0.321. The van der Waals surface area contributed by atoms with Crippen LogP contribution in [-0.2, 0) is 5.04 Å². The van der Waals surface area contributed by atoms with Gasteiger partial charge in [0.15, 0.2) is 0 Å². The maximum atomic E-state index is 2.24. The molecule has 0 saturated carbocycles. The molecular formula is C9H13Si. The molecule has 0 bridgehead atoms. The zero-order chi connectivity index (χ0) is 7.61. The van der Waals surface area contributed by atoms with Gasteiger partial charge in [-0.3, -0.25) is 0 Å². The van der Waals surface area contributed by atoms with Gasteiger partial charge in [-0.2, -0.15) is 0 Å². The Labute approximate surface area is 65.7 Å². The molecule has 0 atom stereocenters. The molecule has 0 saturated heterocycles. The molecule has 0 nitrogen and oxygen atoms in total. The van der Waals surface area contributed by atoms with Crippen LogP contribution in [0.15, 0.2) is 30.3 Å². The third-order valence-electron chi connectivity index (χ3n) is 1.56. The monoisotopic (exact) mass is 149 g/mol. The van der Waals surface area contributed by atoms with Crippen molar-refractivity contribution in [1.82, 2.24) is 0 Å². The second-order valence-electron chi connectivity index (χ2n) is 3.25. The van der Waals surface area contributed by atoms with Crippen LogP contribution in [0, 0.1) is 0 Å². The predicted octanol–water partition coefficient (Wildman–Crippen LogP) is 1.55. The summed E-state index contributed by atoms with van der Waals surface area (Å²) >= 11 is 0. The maximum absolute atomic E-state index is 2.24. The topological polar surface area (TPSA) is 0 Å². The Morgan fingerprint density at radius 2 is 1.60 bits per heavy atom. The smallest absolute Gasteiger partial charge is 0.0214 e. The first-order chi connectivity index (χ1) is 4.61. The summed E-state index contributed by atoms with van der Waals surface area (Å²) < 4.78 is 0. The minimum atomic E-state index is 0.321. The predicted molar refractivity (Wildman–Crippen MR) is 48.0 cm³/mol. The highest BCUT2D eigenvalue weighted by Crippen LogP contribution is 2.17. The Morgan fingerprint density at radius 1 is 1.10 bits per heavy atom. The van der Waals surface area contributed by atoms with Crippen LogP contribution < -0.4 is 0 Å². The van der Waals surface area contributed by atoms with Crippen molar-refractivity contribution in [2.75, 3.05) is 0 Å². The lowest BCUT2D eigenvalue weighted by Gasteiger charge is -2.17. The van der Waals surface area contributed by atoms with Gasteiger partial charge in [-0.25, -0.2) is 0 Å². The van der Waals surface area contributed by atoms with Crippen LogP contribution in [0.3, 0.4) is 0 Å². The third-order valence-corrected chi connectivity index (χ3v) is 1.96. The molecule has 1 radical (unpaired) electrons. The lowest BCUT2D eigenvalue weighted by Crippen LogP contribution is -2.15. The van der Waals surface area contributed by atoms with Gasteiger partial charge >= 0.3 is 0 Å². The molecule has 0 unspecified atom stereocenters. The summed E-state index contributed by atoms with van der Waals surface area (Å²) in [5.74, 6) is 0. The van der Waals surface area contributed by atoms with Gasteiger partial charge in [0, 0.05) is 10.2 Å². The number of hydrogen-bond acceptors (Lipinski definition) is 0. The molecule has 10 heavy (non-hydrogen) atoms. The molecule has 0 fully saturated rings. The zero-order valence-corrected chi connectivity index (χ0v) is 8.01. The van der Waals surface area contributed by atoms with Crippen molar-refractivity contribution in [1.29, 1.82) is 0 Å². The minimum absolute atomic E-state index is 0.321. The molecule has 0 heterocycles. The standard InChI is InChI=1S/C9H13Si/c1-9(2,10)8-6-4-3-5-7-8/h3-7H,10H2,1-2H3. The number of benzene rings is 1. The lowest BCUT2D eigenvalue weighted by atomic mass is 10.0. The van der Waals surface area contributed by atoms with Gasteiger partial charge in [-0.05, 0) is 10.6 Å². The Morgan fingerprint density at radius 3 is 1.90 bits per heavy atom. The summed E-state index contributed by atoms with van der Waals surface area (Å²) in [6.45, 7) is 4.47. The van der Waals surface area contributed by atoms with Gasteiger partial charge in [0.05, 0.1) is 0 Å². The van der Waals surface area contributed by atoms with E-state index >= 15 is 0 Å². The van der Waals surface area contributed by atoms with Crippen molar-refractivity contribution in [3.05, 3.63) is 35.9 Å². The van der Waals surface area contributed by atoms with Crippen molar-refractivity contribution in [2.24, 2.45) is 0 Å². The van der Waals surface area contributed by atoms with E-state index in [9.17, 15) is 0 Å². The lowest BCUT2D eigenvalue weighted by molar-refractivity contribution is 0.764. The molecule has 0 aliphatic rings. The largest absolute Gasteiger partial charge is 0.0622 e. The van der Waals surface area contributed by atoms with E-state index in [0.717, 1.165) is 0 Å². The highest BCUT2D eigenvalue weighted by molar-refractivity contribution is 6.15. The van der Waals surface area contributed by atoms with Gasteiger partial charge in [-0.1, -0.05) is 44.2 Å². The van der Waals surface area contributed by atoms with Gasteiger partial charge in [0.1, 0.15) is 0 Å². The molecule has 1 rings (SSSR count). The van der Waals surface area contributed by atoms with Crippen LogP contribution in [0.1, 0.15) is 19.4 Å². The van der Waals surface area contributed by atoms with E-state index in [0.29, 0.717) is 5.04 Å². The summed E-state index contributed by atoms with van der Waals surface area (Å²) in [4.78, 5) is 0. The van der Waals surface area contributed by atoms with E-state index in [1.165, 1.54) is 5.56 Å². The second-order valence-corrected chi connectivity index (χ2v) is 5.02. The zero-order valence-electron chi connectivity index (χ0n) is 6.59. The third kappa shape index (κ3) is 1.71. The van der Waals surface area contributed by atoms with Crippen molar-refractivity contribution >= 4 is 10.2 Å². The van der Waals surface area contributed by atoms with Crippen LogP contribution in [0.2, 0.25) is 0 Å². The Balaban J connectivity index is 2.97. The van der Waals surface area contributed by atoms with E-state index in [1.54, 1.807) is 0 Å². The maximum Gasteiger partial charge on any atom is 0.0214 e. The fourth-order valence-corrected chi connectivity index (χ4v) is 1.13. The molecule has 0 spiro atoms. The molecular weight excluding hydrogens is 136 g/mol. The Kier molecular flexibility index (Phi) is 1.95. The quantitative estimate of drug-likeness (QED) is 0.532. The van der Waals surface area contributed by atoms with Crippen molar-refractivity contribution in [3.8, 4) is 0 Å². The van der Waals surface area contributed by atoms with Crippen molar-refractivity contribution in [2.45, 2.75) is 18.9 Å². The Hall–Kier alpha value is -0.563. The molecule has 0 N–H and O–H groups in total. The molecule has 53 valence electrons. The fraction of sp³-hybridized carbons (Fsp3) is 0.333. The van der Waals surface area contributed by atoms with Crippen molar-refractivity contribution in [3.63, 3.8) is 0 Å². The highest BCUT2D eigenvalue weighted by Gasteiger charge is 2.11. The van der Waals surface area contributed by atoms with Crippen molar-refractivity contribution < 1.29 is 0 Å². The van der Waals surface area contributed by atoms with E-state index in [1.807, 2.05) is 10.2 Å². The van der Waals surface area contributed by atoms with E-state index in [2.05, 4.69) is 44.2 Å². The van der Waals surface area contributed by atoms with E-state index in [4.69, 9.17) is 0 Å². The molecule has 0 aliphatic heterocycles. The summed E-state index contributed by atoms with van der Waals surface area (Å²) in [7, 11) is 2.02. The van der Waals surface area contributed by atoms with Crippen LogP contribution in [0.4, 0.5) is 0 Å². The molecule has 0 amide bonds. The number of hydrogen-bond donors (Lipinski definition) is 0. The van der Waals surface area contributed by atoms with E-state index < -0.39 is 0 Å².